The summed E-state index contributed by atoms with van der Waals surface area (Å²) in [7, 11) is 0. The smallest absolute Gasteiger partial charge is 0.239 e. The fourth-order valence-corrected chi connectivity index (χ4v) is 3.33. The lowest BCUT2D eigenvalue weighted by Gasteiger charge is -2.08. The molecule has 2 aromatic heterocycles. The number of carbonyl (C=O) groups is 1. The van der Waals surface area contributed by atoms with Gasteiger partial charge in [-0.05, 0) is 52.9 Å². The van der Waals surface area contributed by atoms with E-state index in [0.29, 0.717) is 17.9 Å². The fourth-order valence-electron chi connectivity index (χ4n) is 3.33. The molecule has 0 bridgehead atoms. The first-order chi connectivity index (χ1) is 15.1. The number of anilines is 1. The number of rotatable bonds is 8. The first-order valence-electron chi connectivity index (χ1n) is 9.84. The Bertz CT molecular complexity index is 1180. The molecular formula is C23H22N6O2. The van der Waals surface area contributed by atoms with E-state index in [4.69, 9.17) is 5.73 Å². The predicted octanol–water partition coefficient (Wildman–Crippen LogP) is 3.20. The lowest BCUT2D eigenvalue weighted by Crippen LogP contribution is -2.08. The van der Waals surface area contributed by atoms with Gasteiger partial charge < -0.3 is 15.4 Å². The zero-order valence-corrected chi connectivity index (χ0v) is 16.8. The number of aromatic amines is 1. The van der Waals surface area contributed by atoms with Crippen LogP contribution in [0.1, 0.15) is 33.0 Å². The Balaban J connectivity index is 1.60. The Morgan fingerprint density at radius 3 is 2.48 bits per heavy atom. The van der Waals surface area contributed by atoms with E-state index in [-0.39, 0.29) is 17.4 Å². The van der Waals surface area contributed by atoms with Gasteiger partial charge in [-0.3, -0.25) is 4.79 Å². The molecular weight excluding hydrogens is 392 g/mol. The maximum Gasteiger partial charge on any atom is 0.239 e. The van der Waals surface area contributed by atoms with Crippen molar-refractivity contribution in [3.05, 3.63) is 101 Å². The Kier molecular flexibility index (Phi) is 5.89. The van der Waals surface area contributed by atoms with Crippen LogP contribution < -0.4 is 5.73 Å². The summed E-state index contributed by atoms with van der Waals surface area (Å²) in [6, 6.07) is 19.6. The molecule has 0 aliphatic rings. The molecule has 0 aliphatic heterocycles. The largest absolute Gasteiger partial charge is 0.504 e. The normalized spacial score (nSPS) is 11.5. The minimum atomic E-state index is -0.344. The molecule has 0 fully saturated rings. The van der Waals surface area contributed by atoms with Crippen molar-refractivity contribution in [3.63, 3.8) is 0 Å². The molecule has 4 N–H and O–H groups in total. The van der Waals surface area contributed by atoms with Gasteiger partial charge in [0.2, 0.25) is 11.6 Å². The molecule has 8 nitrogen and oxygen atoms in total. The number of nitrogens with two attached hydrogens (primary N) is 1. The summed E-state index contributed by atoms with van der Waals surface area (Å²) < 4.78 is 1.88. The van der Waals surface area contributed by atoms with Crippen LogP contribution in [-0.4, -0.2) is 36.1 Å². The summed E-state index contributed by atoms with van der Waals surface area (Å²) in [5.41, 5.74) is 10.2. The molecule has 0 unspecified atom stereocenters. The van der Waals surface area contributed by atoms with Crippen LogP contribution in [0.4, 0.5) is 5.69 Å². The van der Waals surface area contributed by atoms with E-state index in [1.54, 1.807) is 0 Å². The topological polar surface area (TPSA) is 123 Å². The molecule has 4 aromatic rings. The maximum atomic E-state index is 12.9. The number of nitrogens with zero attached hydrogens (tertiary/aromatic N) is 4. The summed E-state index contributed by atoms with van der Waals surface area (Å²) in [5, 5.41) is 23.2. The van der Waals surface area contributed by atoms with Crippen molar-refractivity contribution < 1.29 is 9.90 Å². The van der Waals surface area contributed by atoms with Crippen molar-refractivity contribution in [3.8, 4) is 0 Å². The second kappa shape index (κ2) is 9.08. The third-order valence-electron chi connectivity index (χ3n) is 4.93. The molecule has 31 heavy (non-hydrogen) atoms. The van der Waals surface area contributed by atoms with Crippen molar-refractivity contribution in [1.82, 2.24) is 25.2 Å². The summed E-state index contributed by atoms with van der Waals surface area (Å²) in [6.45, 7) is 0.503. The number of aliphatic hydroxyl groups excluding tert-OH is 1. The fraction of sp³-hybridized carbons (Fsp3) is 0.130. The van der Waals surface area contributed by atoms with E-state index >= 15 is 0 Å². The van der Waals surface area contributed by atoms with Gasteiger partial charge in [-0.2, -0.15) is 5.21 Å². The van der Waals surface area contributed by atoms with Crippen LogP contribution in [0.5, 0.6) is 0 Å². The van der Waals surface area contributed by atoms with Gasteiger partial charge in [-0.25, -0.2) is 0 Å². The lowest BCUT2D eigenvalue weighted by atomic mass is 10.1. The highest BCUT2D eigenvalue weighted by Crippen LogP contribution is 2.18. The molecule has 156 valence electrons. The first-order valence-corrected chi connectivity index (χ1v) is 9.84. The number of aliphatic hydroxyl groups is 1. The number of H-pyrrole nitrogens is 1. The first kappa shape index (κ1) is 20.1. The summed E-state index contributed by atoms with van der Waals surface area (Å²) in [6.07, 6.45) is 4.75. The second-order valence-electron chi connectivity index (χ2n) is 7.22. The summed E-state index contributed by atoms with van der Waals surface area (Å²) in [5.74, 6) is -0.720. The number of nitrogen functional groups attached to an aromatic ring is 1. The number of aryl methyl sites for hydroxylation is 2. The van der Waals surface area contributed by atoms with Gasteiger partial charge in [-0.1, -0.05) is 42.5 Å². The molecule has 0 aliphatic carbocycles. The molecule has 0 radical (unpaired) electrons. The lowest BCUT2D eigenvalue weighted by molar-refractivity contribution is 0.103. The molecule has 4 rings (SSSR count). The zero-order chi connectivity index (χ0) is 21.6. The van der Waals surface area contributed by atoms with E-state index in [0.717, 1.165) is 30.0 Å². The number of hydrogen-bond donors (Lipinski definition) is 3. The van der Waals surface area contributed by atoms with Crippen molar-refractivity contribution in [2.45, 2.75) is 19.4 Å². The van der Waals surface area contributed by atoms with Crippen LogP contribution in [-0.2, 0) is 19.4 Å². The van der Waals surface area contributed by atoms with Crippen molar-refractivity contribution in [1.29, 1.82) is 0 Å². The number of aromatic nitrogens is 5. The third kappa shape index (κ3) is 5.05. The Morgan fingerprint density at radius 1 is 1.03 bits per heavy atom. The average molecular weight is 414 g/mol. The van der Waals surface area contributed by atoms with Gasteiger partial charge in [0.25, 0.3) is 0 Å². The Morgan fingerprint density at radius 2 is 1.77 bits per heavy atom. The van der Waals surface area contributed by atoms with Crippen molar-refractivity contribution in [2.75, 3.05) is 5.73 Å². The number of benzene rings is 2. The third-order valence-corrected chi connectivity index (χ3v) is 4.93. The molecule has 2 heterocycles. The van der Waals surface area contributed by atoms with Crippen LogP contribution in [0.25, 0.3) is 5.76 Å². The van der Waals surface area contributed by atoms with Gasteiger partial charge in [0.15, 0.2) is 5.76 Å². The predicted molar refractivity (Wildman–Crippen MR) is 117 cm³/mol. The standard InChI is InChI=1S/C23H22N6O2/c24-19-10-8-17(9-11-19)14-29-15-18(7-6-16-4-2-1-3-5-16)12-20(29)21(30)13-22(31)23-25-27-28-26-23/h1-5,8-13,15,31H,6-7,14,24H2,(H,25,26,27,28). The van der Waals surface area contributed by atoms with E-state index in [9.17, 15) is 9.90 Å². The van der Waals surface area contributed by atoms with E-state index in [2.05, 4.69) is 32.8 Å². The SMILES string of the molecule is Nc1ccc(Cn2cc(CCc3ccccc3)cc2C(=O)C=C(O)c2nn[nH]n2)cc1. The molecule has 0 amide bonds. The van der Waals surface area contributed by atoms with Gasteiger partial charge in [0.05, 0.1) is 5.69 Å². The van der Waals surface area contributed by atoms with E-state index in [1.807, 2.05) is 59.3 Å². The number of nitrogens with one attached hydrogen (secondary N) is 1. The second-order valence-corrected chi connectivity index (χ2v) is 7.22. The number of ketones is 1. The van der Waals surface area contributed by atoms with Crippen molar-refractivity contribution >= 4 is 17.2 Å². The van der Waals surface area contributed by atoms with Gasteiger partial charge >= 0.3 is 0 Å². The van der Waals surface area contributed by atoms with Gasteiger partial charge in [-0.15, -0.1) is 10.2 Å². The maximum absolute atomic E-state index is 12.9. The summed E-state index contributed by atoms with van der Waals surface area (Å²) >= 11 is 0. The highest BCUT2D eigenvalue weighted by molar-refractivity contribution is 6.06. The number of allylic oxidation sites excluding steroid dienone is 1. The molecule has 2 aromatic carbocycles. The van der Waals surface area contributed by atoms with Crippen LogP contribution in [0.15, 0.2) is 72.9 Å². The molecule has 0 spiro atoms. The number of tetrazole rings is 1. The Labute approximate surface area is 179 Å². The molecule has 8 heteroatoms. The minimum absolute atomic E-state index is 0.0331. The van der Waals surface area contributed by atoms with Crippen LogP contribution in [0.2, 0.25) is 0 Å². The summed E-state index contributed by atoms with van der Waals surface area (Å²) in [4.78, 5) is 12.9. The average Bonchev–Trinajstić information content (AvgIpc) is 3.45. The van der Waals surface area contributed by atoms with Crippen LogP contribution in [0, 0.1) is 0 Å². The van der Waals surface area contributed by atoms with Crippen molar-refractivity contribution in [2.24, 2.45) is 0 Å². The highest BCUT2D eigenvalue weighted by atomic mass is 16.3. The van der Waals surface area contributed by atoms with Crippen LogP contribution >= 0.6 is 0 Å². The highest BCUT2D eigenvalue weighted by Gasteiger charge is 2.15. The zero-order valence-electron chi connectivity index (χ0n) is 16.8. The minimum Gasteiger partial charge on any atom is -0.504 e. The Hall–Kier alpha value is -4.20. The molecule has 0 saturated carbocycles. The van der Waals surface area contributed by atoms with Crippen LogP contribution in [0.3, 0.4) is 0 Å². The molecule has 0 saturated heterocycles. The van der Waals surface area contributed by atoms with Gasteiger partial charge in [0, 0.05) is 24.5 Å². The number of carbonyl (C=O) groups excluding carboxylic acids is 1. The molecule has 0 atom stereocenters. The van der Waals surface area contributed by atoms with E-state index in [1.165, 1.54) is 5.56 Å². The number of hydrogen-bond acceptors (Lipinski definition) is 6. The van der Waals surface area contributed by atoms with E-state index < -0.39 is 0 Å². The monoisotopic (exact) mass is 414 g/mol. The van der Waals surface area contributed by atoms with Gasteiger partial charge in [0.1, 0.15) is 0 Å². The quantitative estimate of drug-likeness (QED) is 0.176.